The van der Waals surface area contributed by atoms with Gasteiger partial charge in [0.15, 0.2) is 0 Å². The molecule has 3 rings (SSSR count). The van der Waals surface area contributed by atoms with Crippen molar-refractivity contribution in [3.63, 3.8) is 0 Å². The minimum Gasteiger partial charge on any atom is -0.388 e. The molecule has 2 atom stereocenters. The first-order valence-electron chi connectivity index (χ1n) is 7.99. The maximum atomic E-state index is 10.8. The summed E-state index contributed by atoms with van der Waals surface area (Å²) in [6, 6.07) is 2.17. The first kappa shape index (κ1) is 14.6. The standard InChI is InChI=1S/C17H26O2S/c1-12-10-15(13(2)20-12)16(18)14-6-9-19-17(11-14)7-4-3-5-8-17/h10,14,16,18H,3-9,11H2,1-2H3. The maximum Gasteiger partial charge on any atom is 0.0830 e. The van der Waals surface area contributed by atoms with Crippen LogP contribution in [-0.2, 0) is 4.74 Å². The van der Waals surface area contributed by atoms with E-state index in [1.165, 1.54) is 41.9 Å². The monoisotopic (exact) mass is 294 g/mol. The lowest BCUT2D eigenvalue weighted by atomic mass is 9.74. The number of aliphatic hydroxyl groups is 1. The first-order valence-corrected chi connectivity index (χ1v) is 8.80. The van der Waals surface area contributed by atoms with Crippen molar-refractivity contribution >= 4 is 11.3 Å². The lowest BCUT2D eigenvalue weighted by molar-refractivity contribution is -0.134. The number of aliphatic hydroxyl groups excluding tert-OH is 1. The molecule has 0 amide bonds. The molecule has 1 saturated heterocycles. The summed E-state index contributed by atoms with van der Waals surface area (Å²) in [5.41, 5.74) is 1.24. The summed E-state index contributed by atoms with van der Waals surface area (Å²) < 4.78 is 6.15. The van der Waals surface area contributed by atoms with Crippen molar-refractivity contribution in [2.24, 2.45) is 5.92 Å². The summed E-state index contributed by atoms with van der Waals surface area (Å²) in [6.45, 7) is 5.08. The number of rotatable bonds is 2. The lowest BCUT2D eigenvalue weighted by Crippen LogP contribution is -2.42. The van der Waals surface area contributed by atoms with E-state index < -0.39 is 0 Å². The molecule has 2 unspecified atom stereocenters. The van der Waals surface area contributed by atoms with E-state index in [1.54, 1.807) is 11.3 Å². The molecule has 1 aromatic rings. The van der Waals surface area contributed by atoms with Gasteiger partial charge >= 0.3 is 0 Å². The number of thiophene rings is 1. The fourth-order valence-electron chi connectivity index (χ4n) is 4.08. The van der Waals surface area contributed by atoms with Crippen LogP contribution in [0.1, 0.15) is 66.4 Å². The maximum absolute atomic E-state index is 10.8. The van der Waals surface area contributed by atoms with Gasteiger partial charge in [-0.25, -0.2) is 0 Å². The van der Waals surface area contributed by atoms with Crippen LogP contribution in [0.3, 0.4) is 0 Å². The summed E-state index contributed by atoms with van der Waals surface area (Å²) in [5.74, 6) is 0.370. The molecule has 0 aromatic carbocycles. The van der Waals surface area contributed by atoms with E-state index in [0.29, 0.717) is 5.92 Å². The first-order chi connectivity index (χ1) is 9.60. The summed E-state index contributed by atoms with van der Waals surface area (Å²) in [7, 11) is 0. The SMILES string of the molecule is Cc1cc(C(O)C2CCOC3(CCCCC3)C2)c(C)s1. The Kier molecular flexibility index (Phi) is 4.21. The van der Waals surface area contributed by atoms with Crippen LogP contribution in [0.4, 0.5) is 0 Å². The molecule has 3 heteroatoms. The highest BCUT2D eigenvalue weighted by Gasteiger charge is 2.41. The number of aryl methyl sites for hydroxylation is 2. The zero-order valence-corrected chi connectivity index (χ0v) is 13.5. The van der Waals surface area contributed by atoms with Gasteiger partial charge in [-0.3, -0.25) is 0 Å². The molecule has 1 spiro atoms. The van der Waals surface area contributed by atoms with E-state index >= 15 is 0 Å². The Morgan fingerprint density at radius 2 is 2.05 bits per heavy atom. The lowest BCUT2D eigenvalue weighted by Gasteiger charge is -2.44. The van der Waals surface area contributed by atoms with Gasteiger partial charge in [0.1, 0.15) is 0 Å². The summed E-state index contributed by atoms with van der Waals surface area (Å²) >= 11 is 1.80. The Balaban J connectivity index is 1.74. The van der Waals surface area contributed by atoms with Crippen LogP contribution in [0.15, 0.2) is 6.07 Å². The molecule has 1 aromatic heterocycles. The highest BCUT2D eigenvalue weighted by atomic mass is 32.1. The van der Waals surface area contributed by atoms with E-state index in [0.717, 1.165) is 25.0 Å². The van der Waals surface area contributed by atoms with Crippen LogP contribution < -0.4 is 0 Å². The zero-order valence-electron chi connectivity index (χ0n) is 12.7. The highest BCUT2D eigenvalue weighted by molar-refractivity contribution is 7.12. The third-order valence-corrected chi connectivity index (χ3v) is 6.12. The molecule has 0 bridgehead atoms. The number of hydrogen-bond acceptors (Lipinski definition) is 3. The fourth-order valence-corrected chi connectivity index (χ4v) is 5.04. The van der Waals surface area contributed by atoms with Gasteiger partial charge in [-0.1, -0.05) is 19.3 Å². The predicted octanol–water partition coefficient (Wildman–Crippen LogP) is 4.53. The third-order valence-electron chi connectivity index (χ3n) is 5.14. The van der Waals surface area contributed by atoms with Crippen molar-refractivity contribution in [1.29, 1.82) is 0 Å². The van der Waals surface area contributed by atoms with Crippen LogP contribution >= 0.6 is 11.3 Å². The topological polar surface area (TPSA) is 29.5 Å². The molecule has 2 heterocycles. The van der Waals surface area contributed by atoms with Crippen molar-refractivity contribution < 1.29 is 9.84 Å². The van der Waals surface area contributed by atoms with Crippen LogP contribution in [-0.4, -0.2) is 17.3 Å². The Labute approximate surface area is 126 Å². The van der Waals surface area contributed by atoms with Gasteiger partial charge in [0.05, 0.1) is 11.7 Å². The third kappa shape index (κ3) is 2.81. The van der Waals surface area contributed by atoms with Gasteiger partial charge in [0.25, 0.3) is 0 Å². The quantitative estimate of drug-likeness (QED) is 0.868. The molecule has 112 valence electrons. The van der Waals surface area contributed by atoms with E-state index in [1.807, 2.05) is 0 Å². The number of ether oxygens (including phenoxy) is 1. The van der Waals surface area contributed by atoms with Crippen LogP contribution in [0, 0.1) is 19.8 Å². The Bertz CT molecular complexity index is 454. The van der Waals surface area contributed by atoms with Crippen LogP contribution in [0.25, 0.3) is 0 Å². The molecule has 2 aliphatic rings. The van der Waals surface area contributed by atoms with Gasteiger partial charge in [-0.15, -0.1) is 11.3 Å². The Morgan fingerprint density at radius 1 is 1.30 bits per heavy atom. The van der Waals surface area contributed by atoms with E-state index in [4.69, 9.17) is 4.74 Å². The van der Waals surface area contributed by atoms with Gasteiger partial charge < -0.3 is 9.84 Å². The minimum atomic E-state index is -0.303. The Hall–Kier alpha value is -0.380. The van der Waals surface area contributed by atoms with Gasteiger partial charge in [0.2, 0.25) is 0 Å². The summed E-state index contributed by atoms with van der Waals surface area (Å²) in [4.78, 5) is 2.58. The van der Waals surface area contributed by atoms with Crippen LogP contribution in [0.5, 0.6) is 0 Å². The molecule has 1 N–H and O–H groups in total. The van der Waals surface area contributed by atoms with E-state index in [9.17, 15) is 5.11 Å². The number of hydrogen-bond donors (Lipinski definition) is 1. The molecule has 1 aliphatic carbocycles. The second-order valence-electron chi connectivity index (χ2n) is 6.66. The van der Waals surface area contributed by atoms with Crippen molar-refractivity contribution in [3.05, 3.63) is 21.4 Å². The predicted molar refractivity (Wildman–Crippen MR) is 83.2 cm³/mol. The largest absolute Gasteiger partial charge is 0.388 e. The Morgan fingerprint density at radius 3 is 2.70 bits per heavy atom. The van der Waals surface area contributed by atoms with Crippen LogP contribution in [0.2, 0.25) is 0 Å². The zero-order chi connectivity index (χ0) is 14.2. The minimum absolute atomic E-state index is 0.0844. The molecule has 2 nitrogen and oxygen atoms in total. The molecular formula is C17H26O2S. The van der Waals surface area contributed by atoms with Gasteiger partial charge in [0, 0.05) is 16.4 Å². The van der Waals surface area contributed by atoms with Crippen molar-refractivity contribution in [3.8, 4) is 0 Å². The molecule has 20 heavy (non-hydrogen) atoms. The van der Waals surface area contributed by atoms with Gasteiger partial charge in [-0.2, -0.15) is 0 Å². The van der Waals surface area contributed by atoms with Crippen molar-refractivity contribution in [2.45, 2.75) is 70.5 Å². The molecule has 0 radical (unpaired) electrons. The second-order valence-corrected chi connectivity index (χ2v) is 8.12. The average Bonchev–Trinajstić information content (AvgIpc) is 2.78. The van der Waals surface area contributed by atoms with Gasteiger partial charge in [-0.05, 0) is 57.1 Å². The normalized spacial score (nSPS) is 27.6. The second kappa shape index (κ2) is 5.78. The molecule has 1 aliphatic heterocycles. The van der Waals surface area contributed by atoms with Crippen molar-refractivity contribution in [1.82, 2.24) is 0 Å². The molecule has 2 fully saturated rings. The average molecular weight is 294 g/mol. The summed E-state index contributed by atoms with van der Waals surface area (Å²) in [5, 5.41) is 10.8. The van der Waals surface area contributed by atoms with E-state index in [-0.39, 0.29) is 11.7 Å². The fraction of sp³-hybridized carbons (Fsp3) is 0.765. The van der Waals surface area contributed by atoms with Crippen molar-refractivity contribution in [2.75, 3.05) is 6.61 Å². The highest BCUT2D eigenvalue weighted by Crippen LogP contribution is 2.45. The molecule has 1 saturated carbocycles. The molecular weight excluding hydrogens is 268 g/mol. The smallest absolute Gasteiger partial charge is 0.0830 e. The summed E-state index contributed by atoms with van der Waals surface area (Å²) in [6.07, 6.45) is 8.05. The van der Waals surface area contributed by atoms with E-state index in [2.05, 4.69) is 19.9 Å².